The number of aromatic nitrogens is 1. The van der Waals surface area contributed by atoms with Crippen LogP contribution in [-0.2, 0) is 6.54 Å². The molecule has 1 aromatic heterocycles. The molecule has 0 N–H and O–H groups in total. The molecule has 0 aliphatic heterocycles. The number of aryl methyl sites for hydroxylation is 1. The van der Waals surface area contributed by atoms with Gasteiger partial charge in [0, 0.05) is 24.1 Å². The molecule has 0 radical (unpaired) electrons. The van der Waals surface area contributed by atoms with E-state index in [1.165, 1.54) is 12.1 Å². The van der Waals surface area contributed by atoms with Gasteiger partial charge in [-0.25, -0.2) is 0 Å². The quantitative estimate of drug-likeness (QED) is 0.137. The molecule has 182 valence electrons. The highest BCUT2D eigenvalue weighted by atomic mass is 16.6. The second-order valence-electron chi connectivity index (χ2n) is 8.93. The number of rotatable bonds is 14. The summed E-state index contributed by atoms with van der Waals surface area (Å²) >= 11 is 0. The summed E-state index contributed by atoms with van der Waals surface area (Å²) < 4.78 is 13.7. The number of benzene rings is 1. The first-order valence-corrected chi connectivity index (χ1v) is 12.0. The van der Waals surface area contributed by atoms with E-state index in [4.69, 9.17) is 9.47 Å². The van der Waals surface area contributed by atoms with Gasteiger partial charge in [-0.3, -0.25) is 14.9 Å². The fourth-order valence-electron chi connectivity index (χ4n) is 3.78. The van der Waals surface area contributed by atoms with Gasteiger partial charge in [-0.2, -0.15) is 0 Å². The van der Waals surface area contributed by atoms with Crippen molar-refractivity contribution in [3.05, 3.63) is 50.3 Å². The molecule has 0 spiro atoms. The fraction of sp³-hybridized carbons (Fsp3) is 0.577. The number of nitro groups is 1. The monoisotopic (exact) mass is 458 g/mol. The molecule has 0 amide bonds. The van der Waals surface area contributed by atoms with Crippen LogP contribution < -0.4 is 15.0 Å². The van der Waals surface area contributed by atoms with Gasteiger partial charge in [-0.15, -0.1) is 0 Å². The van der Waals surface area contributed by atoms with E-state index in [0.29, 0.717) is 35.7 Å². The normalized spacial score (nSPS) is 11.9. The minimum absolute atomic E-state index is 0.0512. The van der Waals surface area contributed by atoms with Crippen molar-refractivity contribution in [2.24, 2.45) is 5.92 Å². The van der Waals surface area contributed by atoms with E-state index < -0.39 is 4.92 Å². The fourth-order valence-corrected chi connectivity index (χ4v) is 3.78. The Labute approximate surface area is 196 Å². The number of nitrogens with zero attached hydrogens (tertiary/aromatic N) is 2. The second kappa shape index (κ2) is 13.0. The maximum Gasteiger partial charge on any atom is 0.297 e. The van der Waals surface area contributed by atoms with Gasteiger partial charge in [0.25, 0.3) is 11.2 Å². The Bertz CT molecular complexity index is 1020. The van der Waals surface area contributed by atoms with Crippen molar-refractivity contribution < 1.29 is 14.4 Å². The van der Waals surface area contributed by atoms with Crippen molar-refractivity contribution in [3.8, 4) is 11.5 Å². The average molecular weight is 459 g/mol. The first kappa shape index (κ1) is 26.4. The zero-order valence-electron chi connectivity index (χ0n) is 20.7. The van der Waals surface area contributed by atoms with E-state index in [9.17, 15) is 14.9 Å². The van der Waals surface area contributed by atoms with Gasteiger partial charge in [0.1, 0.15) is 6.61 Å². The molecule has 7 heteroatoms. The molecule has 1 atom stereocenters. The molecule has 1 heterocycles. The molecular weight excluding hydrogens is 420 g/mol. The number of hydrogen-bond donors (Lipinski definition) is 0. The summed E-state index contributed by atoms with van der Waals surface area (Å²) in [4.78, 5) is 24.6. The van der Waals surface area contributed by atoms with E-state index in [-0.39, 0.29) is 23.6 Å². The van der Waals surface area contributed by atoms with E-state index in [2.05, 4.69) is 20.8 Å². The molecule has 33 heavy (non-hydrogen) atoms. The van der Waals surface area contributed by atoms with Crippen LogP contribution in [0.5, 0.6) is 11.5 Å². The van der Waals surface area contributed by atoms with Crippen LogP contribution in [0.4, 0.5) is 5.69 Å². The lowest BCUT2D eigenvalue weighted by Crippen LogP contribution is -2.25. The first-order valence-electron chi connectivity index (χ1n) is 12.0. The minimum Gasteiger partial charge on any atom is -0.485 e. The molecule has 0 aliphatic rings. The topological polar surface area (TPSA) is 83.6 Å². The summed E-state index contributed by atoms with van der Waals surface area (Å²) in [6, 6.07) is 4.58. The first-order chi connectivity index (χ1) is 15.8. The molecule has 2 rings (SSSR count). The molecule has 1 aromatic carbocycles. The largest absolute Gasteiger partial charge is 0.485 e. The summed E-state index contributed by atoms with van der Waals surface area (Å²) in [5, 5.41) is 12.1. The van der Waals surface area contributed by atoms with Crippen molar-refractivity contribution in [3.63, 3.8) is 0 Å². The number of allylic oxidation sites excluding steroid dienone is 1. The molecule has 0 saturated carbocycles. The van der Waals surface area contributed by atoms with Gasteiger partial charge in [0.15, 0.2) is 5.75 Å². The Balaban J connectivity index is 2.64. The van der Waals surface area contributed by atoms with Crippen LogP contribution in [0, 0.1) is 16.0 Å². The highest BCUT2D eigenvalue weighted by Gasteiger charge is 2.22. The van der Waals surface area contributed by atoms with E-state index in [0.717, 1.165) is 44.1 Å². The van der Waals surface area contributed by atoms with Gasteiger partial charge in [-0.1, -0.05) is 52.0 Å². The summed E-state index contributed by atoms with van der Waals surface area (Å²) in [5.74, 6) is 0.846. The van der Waals surface area contributed by atoms with E-state index in [1.807, 2.05) is 19.9 Å². The lowest BCUT2D eigenvalue weighted by atomic mass is 10.1. The third kappa shape index (κ3) is 7.34. The second-order valence-corrected chi connectivity index (χ2v) is 8.93. The van der Waals surface area contributed by atoms with Crippen LogP contribution in [0.15, 0.2) is 34.6 Å². The van der Waals surface area contributed by atoms with Crippen LogP contribution in [-0.4, -0.2) is 22.7 Å². The van der Waals surface area contributed by atoms with Crippen molar-refractivity contribution >= 4 is 16.6 Å². The number of fused-ring (bicyclic) bond motifs is 1. The Morgan fingerprint density at radius 2 is 1.88 bits per heavy atom. The van der Waals surface area contributed by atoms with Gasteiger partial charge in [0.05, 0.1) is 17.0 Å². The molecule has 1 unspecified atom stereocenters. The highest BCUT2D eigenvalue weighted by molar-refractivity contribution is 5.89. The van der Waals surface area contributed by atoms with Gasteiger partial charge >= 0.3 is 0 Å². The van der Waals surface area contributed by atoms with Crippen LogP contribution in [0.1, 0.15) is 73.1 Å². The van der Waals surface area contributed by atoms with Gasteiger partial charge in [0.2, 0.25) is 5.75 Å². The smallest absolute Gasteiger partial charge is 0.297 e. The molecule has 2 aromatic rings. The Hall–Kier alpha value is -2.83. The minimum atomic E-state index is -0.439. The summed E-state index contributed by atoms with van der Waals surface area (Å²) in [7, 11) is 0. The van der Waals surface area contributed by atoms with Gasteiger partial charge < -0.3 is 14.0 Å². The van der Waals surface area contributed by atoms with Crippen molar-refractivity contribution in [1.82, 2.24) is 4.57 Å². The standard InChI is InChI=1S/C26H38N2O5/c1-6-8-9-10-15-27-23-17-21(28(30)31)12-13-22(23)24(32-16-14-19(3)4)25(26(27)29)33-18-20(5)11-7-2/h12-14,17,20H,6-11,15-16,18H2,1-5H3. The highest BCUT2D eigenvalue weighted by Crippen LogP contribution is 2.35. The molecular formula is C26H38N2O5. The van der Waals surface area contributed by atoms with Crippen LogP contribution in [0.3, 0.4) is 0 Å². The van der Waals surface area contributed by atoms with E-state index >= 15 is 0 Å². The number of nitro benzene ring substituents is 1. The number of non-ortho nitro benzene ring substituents is 1. The number of unbranched alkanes of at least 4 members (excludes halogenated alkanes) is 3. The summed E-state index contributed by atoms with van der Waals surface area (Å²) in [6.07, 6.45) is 7.93. The molecule has 7 nitrogen and oxygen atoms in total. The Kier molecular flexibility index (Phi) is 10.4. The number of hydrogen-bond acceptors (Lipinski definition) is 5. The number of ether oxygens (including phenoxy) is 2. The molecule has 0 saturated heterocycles. The Morgan fingerprint density at radius 3 is 2.52 bits per heavy atom. The predicted molar refractivity (Wildman–Crippen MR) is 133 cm³/mol. The maximum atomic E-state index is 13.6. The average Bonchev–Trinajstić information content (AvgIpc) is 2.77. The predicted octanol–water partition coefficient (Wildman–Crippen LogP) is 6.65. The molecule has 0 fully saturated rings. The lowest BCUT2D eigenvalue weighted by Gasteiger charge is -2.19. The lowest BCUT2D eigenvalue weighted by molar-refractivity contribution is -0.384. The van der Waals surface area contributed by atoms with Crippen LogP contribution >= 0.6 is 0 Å². The maximum absolute atomic E-state index is 13.6. The summed E-state index contributed by atoms with van der Waals surface area (Å²) in [5.41, 5.74) is 1.25. The van der Waals surface area contributed by atoms with Crippen molar-refractivity contribution in [1.29, 1.82) is 0 Å². The zero-order chi connectivity index (χ0) is 24.4. The van der Waals surface area contributed by atoms with Crippen LogP contribution in [0.25, 0.3) is 10.9 Å². The van der Waals surface area contributed by atoms with Crippen molar-refractivity contribution in [2.75, 3.05) is 13.2 Å². The van der Waals surface area contributed by atoms with E-state index in [1.54, 1.807) is 10.6 Å². The molecule has 0 aliphatic carbocycles. The zero-order valence-corrected chi connectivity index (χ0v) is 20.7. The molecule has 0 bridgehead atoms. The third-order valence-electron chi connectivity index (χ3n) is 5.62. The van der Waals surface area contributed by atoms with Crippen LogP contribution in [0.2, 0.25) is 0 Å². The number of pyridine rings is 1. The van der Waals surface area contributed by atoms with Crippen molar-refractivity contribution in [2.45, 2.75) is 79.7 Å². The van der Waals surface area contributed by atoms with Gasteiger partial charge in [-0.05, 0) is 44.7 Å². The SMILES string of the molecule is CCCCCCn1c(=O)c(OCC(C)CCC)c(OCC=C(C)C)c2ccc([N+](=O)[O-])cc21. The Morgan fingerprint density at radius 1 is 1.12 bits per heavy atom. The summed E-state index contributed by atoms with van der Waals surface area (Å²) in [6.45, 7) is 11.5. The third-order valence-corrected chi connectivity index (χ3v) is 5.62.